The van der Waals surface area contributed by atoms with E-state index in [1.54, 1.807) is 13.3 Å². The van der Waals surface area contributed by atoms with Gasteiger partial charge in [-0.05, 0) is 37.3 Å². The number of imidazole rings is 1. The molecule has 1 aliphatic carbocycles. The predicted molar refractivity (Wildman–Crippen MR) is 117 cm³/mol. The molecule has 2 aliphatic rings. The summed E-state index contributed by atoms with van der Waals surface area (Å²) < 4.78 is 0. The van der Waals surface area contributed by atoms with Crippen molar-refractivity contribution in [2.24, 2.45) is 16.8 Å². The summed E-state index contributed by atoms with van der Waals surface area (Å²) in [6.07, 6.45) is 5.59. The molecule has 164 valence electrons. The standard InChI is InChI=1S/C22H28N6O3/c1-23-12-15(11-14-8-9-24-20(14)29)25-21(30)18(10-13-6-7-13)28-22(31)19-26-16-4-2-3-5-17(16)27-19/h2-5,12-15,18H,6-11H2,1H3,(H,24,29)(H,25,30)(H,26,27)(H,28,31)/b23-12-/t14-,15-,18-/m0/s1. The number of nitrogens with one attached hydrogen (secondary N) is 4. The van der Waals surface area contributed by atoms with E-state index in [0.717, 1.165) is 24.8 Å². The van der Waals surface area contributed by atoms with Crippen molar-refractivity contribution in [3.8, 4) is 0 Å². The molecule has 31 heavy (non-hydrogen) atoms. The first-order chi connectivity index (χ1) is 15.0. The van der Waals surface area contributed by atoms with Crippen molar-refractivity contribution >= 4 is 35.0 Å². The van der Waals surface area contributed by atoms with E-state index in [9.17, 15) is 14.4 Å². The molecule has 1 saturated heterocycles. The number of aromatic nitrogens is 2. The van der Waals surface area contributed by atoms with Gasteiger partial charge in [0, 0.05) is 25.7 Å². The lowest BCUT2D eigenvalue weighted by Gasteiger charge is -2.22. The Morgan fingerprint density at radius 2 is 2.03 bits per heavy atom. The van der Waals surface area contributed by atoms with Crippen LogP contribution in [0.3, 0.4) is 0 Å². The maximum absolute atomic E-state index is 13.1. The van der Waals surface area contributed by atoms with E-state index in [-0.39, 0.29) is 29.6 Å². The van der Waals surface area contributed by atoms with Crippen LogP contribution in [0.2, 0.25) is 0 Å². The maximum Gasteiger partial charge on any atom is 0.287 e. The summed E-state index contributed by atoms with van der Waals surface area (Å²) in [4.78, 5) is 49.2. The molecule has 1 saturated carbocycles. The monoisotopic (exact) mass is 424 g/mol. The summed E-state index contributed by atoms with van der Waals surface area (Å²) in [7, 11) is 1.64. The quantitative estimate of drug-likeness (QED) is 0.451. The van der Waals surface area contributed by atoms with Gasteiger partial charge in [-0.15, -0.1) is 0 Å². The van der Waals surface area contributed by atoms with E-state index in [4.69, 9.17) is 0 Å². The Kier molecular flexibility index (Phi) is 6.29. The molecular weight excluding hydrogens is 396 g/mol. The first-order valence-electron chi connectivity index (χ1n) is 10.8. The number of carbonyl (C=O) groups excluding carboxylic acids is 3. The van der Waals surface area contributed by atoms with Gasteiger partial charge in [0.2, 0.25) is 11.8 Å². The van der Waals surface area contributed by atoms with Crippen molar-refractivity contribution in [2.75, 3.05) is 13.6 Å². The third-order valence-corrected chi connectivity index (χ3v) is 5.85. The van der Waals surface area contributed by atoms with Gasteiger partial charge in [0.25, 0.3) is 5.91 Å². The van der Waals surface area contributed by atoms with Gasteiger partial charge in [0.05, 0.1) is 17.1 Å². The van der Waals surface area contributed by atoms with Crippen LogP contribution < -0.4 is 16.0 Å². The van der Waals surface area contributed by atoms with Crippen molar-refractivity contribution in [2.45, 2.75) is 44.2 Å². The van der Waals surface area contributed by atoms with Crippen LogP contribution in [-0.4, -0.2) is 59.6 Å². The van der Waals surface area contributed by atoms with Crippen LogP contribution in [0.15, 0.2) is 29.3 Å². The molecule has 1 aromatic heterocycles. The smallest absolute Gasteiger partial charge is 0.287 e. The van der Waals surface area contributed by atoms with Crippen molar-refractivity contribution in [3.63, 3.8) is 0 Å². The number of aliphatic imine (C=N–C) groups is 1. The van der Waals surface area contributed by atoms with Gasteiger partial charge in [-0.2, -0.15) is 0 Å². The van der Waals surface area contributed by atoms with Crippen LogP contribution in [0.1, 0.15) is 42.7 Å². The molecule has 2 aromatic rings. The van der Waals surface area contributed by atoms with Gasteiger partial charge in [-0.25, -0.2) is 4.98 Å². The lowest BCUT2D eigenvalue weighted by molar-refractivity contribution is -0.125. The van der Waals surface area contributed by atoms with Crippen molar-refractivity contribution < 1.29 is 14.4 Å². The molecule has 1 aliphatic heterocycles. The highest BCUT2D eigenvalue weighted by molar-refractivity contribution is 5.97. The molecule has 3 atom stereocenters. The van der Waals surface area contributed by atoms with Crippen molar-refractivity contribution in [1.82, 2.24) is 25.9 Å². The second-order valence-corrected chi connectivity index (χ2v) is 8.34. The van der Waals surface area contributed by atoms with Crippen molar-refractivity contribution in [1.29, 1.82) is 0 Å². The number of benzene rings is 1. The molecule has 0 bridgehead atoms. The number of hydrogen-bond donors (Lipinski definition) is 4. The van der Waals surface area contributed by atoms with Crippen LogP contribution in [0.5, 0.6) is 0 Å². The van der Waals surface area contributed by atoms with E-state index in [1.807, 2.05) is 24.3 Å². The summed E-state index contributed by atoms with van der Waals surface area (Å²) in [6.45, 7) is 0.658. The number of nitrogens with zero attached hydrogens (tertiary/aromatic N) is 2. The van der Waals surface area contributed by atoms with E-state index in [0.29, 0.717) is 30.8 Å². The number of aromatic amines is 1. The Balaban J connectivity index is 1.43. The van der Waals surface area contributed by atoms with Gasteiger partial charge < -0.3 is 20.9 Å². The summed E-state index contributed by atoms with van der Waals surface area (Å²) >= 11 is 0. The van der Waals surface area contributed by atoms with E-state index >= 15 is 0 Å². The van der Waals surface area contributed by atoms with Crippen LogP contribution in [0.4, 0.5) is 0 Å². The van der Waals surface area contributed by atoms with Gasteiger partial charge in [-0.3, -0.25) is 19.4 Å². The fourth-order valence-corrected chi connectivity index (χ4v) is 4.00. The van der Waals surface area contributed by atoms with Crippen LogP contribution in [-0.2, 0) is 9.59 Å². The largest absolute Gasteiger partial charge is 0.356 e. The minimum Gasteiger partial charge on any atom is -0.356 e. The van der Waals surface area contributed by atoms with Gasteiger partial charge in [0.15, 0.2) is 5.82 Å². The highest BCUT2D eigenvalue weighted by Gasteiger charge is 2.33. The lowest BCUT2D eigenvalue weighted by atomic mass is 9.98. The van der Waals surface area contributed by atoms with Crippen LogP contribution in [0.25, 0.3) is 11.0 Å². The Hall–Kier alpha value is -3.23. The fourth-order valence-electron chi connectivity index (χ4n) is 4.00. The van der Waals surface area contributed by atoms with E-state index in [1.165, 1.54) is 0 Å². The predicted octanol–water partition coefficient (Wildman–Crippen LogP) is 1.17. The molecule has 0 radical (unpaired) electrons. The van der Waals surface area contributed by atoms with E-state index < -0.39 is 11.9 Å². The second kappa shape index (κ2) is 9.28. The average molecular weight is 425 g/mol. The highest BCUT2D eigenvalue weighted by atomic mass is 16.2. The number of para-hydroxylation sites is 2. The Bertz CT molecular complexity index is 963. The minimum absolute atomic E-state index is 0.0106. The lowest BCUT2D eigenvalue weighted by Crippen LogP contribution is -2.51. The SMILES string of the molecule is C/N=C\[C@H](C[C@@H]1CCNC1=O)NC(=O)[C@H](CC1CC1)NC(=O)c1nc2ccccc2[nH]1. The zero-order chi connectivity index (χ0) is 21.8. The zero-order valence-corrected chi connectivity index (χ0v) is 17.6. The van der Waals surface area contributed by atoms with Gasteiger partial charge in [-0.1, -0.05) is 25.0 Å². The van der Waals surface area contributed by atoms with Gasteiger partial charge in [0.1, 0.15) is 6.04 Å². The molecular formula is C22H28N6O3. The summed E-state index contributed by atoms with van der Waals surface area (Å²) in [6, 6.07) is 6.36. The second-order valence-electron chi connectivity index (χ2n) is 8.34. The Morgan fingerprint density at radius 1 is 1.23 bits per heavy atom. The minimum atomic E-state index is -0.668. The molecule has 0 spiro atoms. The molecule has 9 nitrogen and oxygen atoms in total. The molecule has 3 amide bonds. The average Bonchev–Trinajstić information content (AvgIpc) is 3.31. The van der Waals surface area contributed by atoms with Crippen LogP contribution >= 0.6 is 0 Å². The fraction of sp³-hybridized carbons (Fsp3) is 0.500. The summed E-state index contributed by atoms with van der Waals surface area (Å²) in [5.41, 5.74) is 1.47. The Morgan fingerprint density at radius 3 is 2.71 bits per heavy atom. The third-order valence-electron chi connectivity index (χ3n) is 5.85. The zero-order valence-electron chi connectivity index (χ0n) is 17.6. The molecule has 2 heterocycles. The molecule has 4 N–H and O–H groups in total. The first kappa shape index (κ1) is 21.0. The molecule has 4 rings (SSSR count). The number of carbonyl (C=O) groups is 3. The van der Waals surface area contributed by atoms with E-state index in [2.05, 4.69) is 30.9 Å². The molecule has 9 heteroatoms. The normalized spacial score (nSPS) is 20.5. The topological polar surface area (TPSA) is 128 Å². The highest BCUT2D eigenvalue weighted by Crippen LogP contribution is 2.33. The Labute approximate surface area is 180 Å². The van der Waals surface area contributed by atoms with Crippen molar-refractivity contribution in [3.05, 3.63) is 30.1 Å². The van der Waals surface area contributed by atoms with Gasteiger partial charge >= 0.3 is 0 Å². The number of H-pyrrole nitrogens is 1. The number of fused-ring (bicyclic) bond motifs is 1. The molecule has 2 fully saturated rings. The summed E-state index contributed by atoms with van der Waals surface area (Å²) in [5, 5.41) is 8.63. The van der Waals surface area contributed by atoms with Crippen LogP contribution in [0, 0.1) is 11.8 Å². The number of amides is 3. The summed E-state index contributed by atoms with van der Waals surface area (Å²) in [5.74, 6) is -0.186. The number of rotatable bonds is 9. The third kappa shape index (κ3) is 5.28. The number of hydrogen-bond acceptors (Lipinski definition) is 5. The first-order valence-corrected chi connectivity index (χ1v) is 10.8. The molecule has 0 unspecified atom stereocenters. The maximum atomic E-state index is 13.1. The molecule has 1 aromatic carbocycles.